The highest BCUT2D eigenvalue weighted by Gasteiger charge is 2.51. The molecule has 0 spiro atoms. The van der Waals surface area contributed by atoms with Gasteiger partial charge in [0.2, 0.25) is 0 Å². The van der Waals surface area contributed by atoms with Crippen LogP contribution >= 0.6 is 0 Å². The van der Waals surface area contributed by atoms with E-state index in [9.17, 15) is 0 Å². The Hall–Kier alpha value is -2.61. The zero-order valence-electron chi connectivity index (χ0n) is 16.7. The van der Waals surface area contributed by atoms with E-state index < -0.39 is 15.2 Å². The predicted molar refractivity (Wildman–Crippen MR) is 126 cm³/mol. The van der Waals surface area contributed by atoms with Gasteiger partial charge in [0.25, 0.3) is 0 Å². The minimum atomic E-state index is -1.89. The fourth-order valence-electron chi connectivity index (χ4n) is 4.56. The van der Waals surface area contributed by atoms with Crippen LogP contribution in [0.4, 0.5) is 0 Å². The van der Waals surface area contributed by atoms with Crippen molar-refractivity contribution in [2.75, 3.05) is 0 Å². The molecule has 2 atom stereocenters. The van der Waals surface area contributed by atoms with E-state index in [1.165, 1.54) is 11.1 Å². The molecule has 138 valence electrons. The average molecular weight is 395 g/mol. The Bertz CT molecular complexity index is 959. The van der Waals surface area contributed by atoms with Gasteiger partial charge in [-0.1, -0.05) is 108 Å². The molecular weight excluding hydrogens is 368 g/mol. The summed E-state index contributed by atoms with van der Waals surface area (Å²) in [7, 11) is -3.79. The number of hydrogen-bond acceptors (Lipinski definition) is 0. The Labute approximate surface area is 170 Å². The molecule has 0 fully saturated rings. The van der Waals surface area contributed by atoms with Crippen LogP contribution in [-0.4, -0.2) is 15.2 Å². The first-order valence-corrected chi connectivity index (χ1v) is 16.4. The fourth-order valence-corrected chi connectivity index (χ4v) is 19.1. The third-order valence-corrected chi connectivity index (χ3v) is 24.4. The fraction of sp³-hybridized carbons (Fsp3) is 0.154. The molecule has 2 unspecified atom stereocenters. The molecule has 0 heterocycles. The summed E-state index contributed by atoms with van der Waals surface area (Å²) in [6.07, 6.45) is 12.9. The number of rotatable bonds is 7. The summed E-state index contributed by atoms with van der Waals surface area (Å²) in [5.41, 5.74) is 9.71. The van der Waals surface area contributed by atoms with Crippen molar-refractivity contribution in [2.45, 2.75) is 25.2 Å². The molecule has 2 aliphatic carbocycles. The highest BCUT2D eigenvalue weighted by molar-refractivity contribution is 7.51. The molecular formula is C26H26Si2. The summed E-state index contributed by atoms with van der Waals surface area (Å²) in [5.74, 6) is 0. The molecule has 0 saturated carbocycles. The summed E-state index contributed by atoms with van der Waals surface area (Å²) in [5, 5.41) is 3.13. The monoisotopic (exact) mass is 394 g/mol. The number of hydrogen-bond donors (Lipinski definition) is 0. The van der Waals surface area contributed by atoms with Crippen LogP contribution in [0.5, 0.6) is 0 Å². The van der Waals surface area contributed by atoms with Crippen LogP contribution < -0.4 is 10.4 Å². The van der Waals surface area contributed by atoms with Crippen molar-refractivity contribution < 1.29 is 0 Å². The SMILES string of the molecule is C[Si](CC1=C=CC=C1)(c1ccccc1)[Si](C)(CC1=C=CC=C1)c1ccccc1. The lowest BCUT2D eigenvalue weighted by atomic mass is 10.3. The molecule has 0 saturated heterocycles. The predicted octanol–water partition coefficient (Wildman–Crippen LogP) is 5.34. The quantitative estimate of drug-likeness (QED) is 0.439. The number of benzene rings is 2. The number of allylic oxidation sites excluding steroid dienone is 6. The topological polar surface area (TPSA) is 0 Å². The maximum atomic E-state index is 3.49. The van der Waals surface area contributed by atoms with E-state index in [2.05, 4.69) is 122 Å². The van der Waals surface area contributed by atoms with Crippen molar-refractivity contribution in [2.24, 2.45) is 0 Å². The third-order valence-electron chi connectivity index (χ3n) is 6.45. The highest BCUT2D eigenvalue weighted by Crippen LogP contribution is 2.33. The van der Waals surface area contributed by atoms with Gasteiger partial charge in [-0.2, -0.15) is 0 Å². The van der Waals surface area contributed by atoms with Gasteiger partial charge in [-0.3, -0.25) is 0 Å². The Morgan fingerprint density at radius 1 is 0.607 bits per heavy atom. The van der Waals surface area contributed by atoms with Crippen LogP contribution in [0.25, 0.3) is 0 Å². The van der Waals surface area contributed by atoms with E-state index in [-0.39, 0.29) is 0 Å². The van der Waals surface area contributed by atoms with Gasteiger partial charge >= 0.3 is 0 Å². The zero-order valence-corrected chi connectivity index (χ0v) is 18.7. The summed E-state index contributed by atoms with van der Waals surface area (Å²) < 4.78 is 0. The lowest BCUT2D eigenvalue weighted by Gasteiger charge is -2.45. The Balaban J connectivity index is 1.90. The summed E-state index contributed by atoms with van der Waals surface area (Å²) >= 11 is 0. The normalized spacial score (nSPS) is 18.6. The van der Waals surface area contributed by atoms with Crippen LogP contribution in [0.2, 0.25) is 25.2 Å². The Morgan fingerprint density at radius 2 is 1.00 bits per heavy atom. The Morgan fingerprint density at radius 3 is 1.32 bits per heavy atom. The summed E-state index contributed by atoms with van der Waals surface area (Å²) in [6.45, 7) is 5.23. The molecule has 0 radical (unpaired) electrons. The molecule has 4 rings (SSSR count). The van der Waals surface area contributed by atoms with Gasteiger partial charge < -0.3 is 0 Å². The van der Waals surface area contributed by atoms with Gasteiger partial charge in [0.1, 0.15) is 0 Å². The molecule has 2 aromatic rings. The van der Waals surface area contributed by atoms with Gasteiger partial charge in [-0.05, 0) is 35.4 Å². The van der Waals surface area contributed by atoms with Crippen LogP contribution in [0.3, 0.4) is 0 Å². The largest absolute Gasteiger partial charge is 0.118 e. The average Bonchev–Trinajstić information content (AvgIpc) is 3.43. The second-order valence-electron chi connectivity index (χ2n) is 8.14. The highest BCUT2D eigenvalue weighted by atomic mass is 29.3. The van der Waals surface area contributed by atoms with E-state index in [0.29, 0.717) is 0 Å². The molecule has 0 aliphatic heterocycles. The molecule has 2 aromatic carbocycles. The lowest BCUT2D eigenvalue weighted by Crippen LogP contribution is -2.72. The molecule has 0 bridgehead atoms. The zero-order chi connectivity index (χ0) is 19.5. The van der Waals surface area contributed by atoms with E-state index in [4.69, 9.17) is 0 Å². The summed E-state index contributed by atoms with van der Waals surface area (Å²) in [6, 6.07) is 24.9. The van der Waals surface area contributed by atoms with Gasteiger partial charge in [0, 0.05) is 0 Å². The maximum Gasteiger partial charge on any atom is 0.0875 e. The van der Waals surface area contributed by atoms with E-state index in [1.807, 2.05) is 0 Å². The lowest BCUT2D eigenvalue weighted by molar-refractivity contribution is 1.42. The molecule has 2 aliphatic rings. The molecule has 0 N–H and O–H groups in total. The molecule has 2 heteroatoms. The van der Waals surface area contributed by atoms with Gasteiger partial charge in [0.15, 0.2) is 0 Å². The second-order valence-corrected chi connectivity index (χ2v) is 22.0. The smallest absolute Gasteiger partial charge is 0.0875 e. The second kappa shape index (κ2) is 7.79. The van der Waals surface area contributed by atoms with Crippen LogP contribution in [0, 0.1) is 0 Å². The first kappa shape index (κ1) is 18.7. The van der Waals surface area contributed by atoms with E-state index in [1.54, 1.807) is 10.4 Å². The minimum absolute atomic E-state index is 1.14. The molecule has 0 nitrogen and oxygen atoms in total. The van der Waals surface area contributed by atoms with Gasteiger partial charge in [-0.15, -0.1) is 11.5 Å². The van der Waals surface area contributed by atoms with E-state index in [0.717, 1.165) is 12.1 Å². The summed E-state index contributed by atoms with van der Waals surface area (Å²) in [4.78, 5) is 0. The van der Waals surface area contributed by atoms with Crippen molar-refractivity contribution >= 4 is 25.6 Å². The van der Waals surface area contributed by atoms with Crippen LogP contribution in [0.15, 0.2) is 120 Å². The third kappa shape index (κ3) is 3.44. The van der Waals surface area contributed by atoms with Crippen LogP contribution in [-0.2, 0) is 0 Å². The van der Waals surface area contributed by atoms with Crippen LogP contribution in [0.1, 0.15) is 0 Å². The maximum absolute atomic E-state index is 3.49. The van der Waals surface area contributed by atoms with Crippen molar-refractivity contribution in [1.82, 2.24) is 0 Å². The van der Waals surface area contributed by atoms with Gasteiger partial charge in [0.05, 0.1) is 15.2 Å². The molecule has 0 aromatic heterocycles. The standard InChI is InChI=1S/C26H26Si2/c1-27(21-23-13-9-10-14-23,25-17-5-3-6-18-25)28(2,22-24-15-11-12-16-24)26-19-7-4-8-20-26/h3-13,15,17-20H,21-22H2,1-2H3. The van der Waals surface area contributed by atoms with Gasteiger partial charge in [-0.25, -0.2) is 0 Å². The molecule has 0 amide bonds. The van der Waals surface area contributed by atoms with Crippen molar-refractivity contribution in [3.63, 3.8) is 0 Å². The van der Waals surface area contributed by atoms with Crippen molar-refractivity contribution in [1.29, 1.82) is 0 Å². The molecule has 28 heavy (non-hydrogen) atoms. The van der Waals surface area contributed by atoms with Crippen molar-refractivity contribution in [3.05, 3.63) is 120 Å². The first-order valence-electron chi connectivity index (χ1n) is 9.97. The first-order chi connectivity index (χ1) is 13.6. The van der Waals surface area contributed by atoms with Crippen molar-refractivity contribution in [3.8, 4) is 0 Å². The van der Waals surface area contributed by atoms with E-state index >= 15 is 0 Å². The Kier molecular flexibility index (Phi) is 5.22. The minimum Gasteiger partial charge on any atom is -0.118 e.